The van der Waals surface area contributed by atoms with E-state index in [-0.39, 0.29) is 5.91 Å². The van der Waals surface area contributed by atoms with Crippen molar-refractivity contribution in [3.05, 3.63) is 35.9 Å². The first-order chi connectivity index (χ1) is 7.49. The minimum Gasteiger partial charge on any atom is -0.388 e. The van der Waals surface area contributed by atoms with Crippen LogP contribution in [0.1, 0.15) is 25.8 Å². The minimum absolute atomic E-state index is 0.111. The topological polar surface area (TPSA) is 49.3 Å². The summed E-state index contributed by atoms with van der Waals surface area (Å²) in [6, 6.07) is 10.0. The van der Waals surface area contributed by atoms with Crippen molar-refractivity contribution in [3.63, 3.8) is 0 Å². The van der Waals surface area contributed by atoms with E-state index in [0.29, 0.717) is 13.0 Å². The van der Waals surface area contributed by atoms with Crippen LogP contribution < -0.4 is 5.32 Å². The van der Waals surface area contributed by atoms with E-state index in [1.165, 1.54) is 12.5 Å². The highest BCUT2D eigenvalue weighted by Crippen LogP contribution is 2.13. The minimum atomic E-state index is -0.846. The lowest BCUT2D eigenvalue weighted by Crippen LogP contribution is -2.40. The van der Waals surface area contributed by atoms with Gasteiger partial charge in [0.15, 0.2) is 0 Å². The van der Waals surface area contributed by atoms with Gasteiger partial charge in [-0.1, -0.05) is 30.3 Å². The summed E-state index contributed by atoms with van der Waals surface area (Å²) in [4.78, 5) is 10.7. The molecular weight excluding hydrogens is 202 g/mol. The number of hydrogen-bond acceptors (Lipinski definition) is 2. The first kappa shape index (κ1) is 12.7. The summed E-state index contributed by atoms with van der Waals surface area (Å²) in [5.74, 6) is -0.111. The van der Waals surface area contributed by atoms with Crippen LogP contribution in [-0.2, 0) is 11.2 Å². The third-order valence-electron chi connectivity index (χ3n) is 2.51. The number of rotatable bonds is 5. The van der Waals surface area contributed by atoms with Crippen LogP contribution in [0.4, 0.5) is 0 Å². The number of benzene rings is 1. The molecule has 0 fully saturated rings. The fraction of sp³-hybridized carbons (Fsp3) is 0.462. The first-order valence-electron chi connectivity index (χ1n) is 5.50. The van der Waals surface area contributed by atoms with E-state index in [1.54, 1.807) is 6.92 Å². The Hall–Kier alpha value is -1.35. The zero-order valence-electron chi connectivity index (χ0n) is 9.86. The molecule has 1 rings (SSSR count). The van der Waals surface area contributed by atoms with Crippen molar-refractivity contribution in [2.75, 3.05) is 6.54 Å². The van der Waals surface area contributed by atoms with Gasteiger partial charge in [-0.15, -0.1) is 0 Å². The molecule has 0 aromatic heterocycles. The lowest BCUT2D eigenvalue weighted by molar-refractivity contribution is -0.120. The molecule has 1 aromatic rings. The molecule has 0 aliphatic carbocycles. The molecule has 0 saturated carbocycles. The van der Waals surface area contributed by atoms with Gasteiger partial charge in [-0.3, -0.25) is 4.79 Å². The summed E-state index contributed by atoms with van der Waals surface area (Å²) in [6.07, 6.45) is 1.45. The fourth-order valence-electron chi connectivity index (χ4n) is 1.46. The van der Waals surface area contributed by atoms with Gasteiger partial charge in [0.2, 0.25) is 5.91 Å². The third kappa shape index (κ3) is 4.94. The highest BCUT2D eigenvalue weighted by atomic mass is 16.3. The number of carbonyl (C=O) groups excluding carboxylic acids is 1. The summed E-state index contributed by atoms with van der Waals surface area (Å²) in [5, 5.41) is 12.6. The van der Waals surface area contributed by atoms with Crippen molar-refractivity contribution in [1.29, 1.82) is 0 Å². The summed E-state index contributed by atoms with van der Waals surface area (Å²) in [6.45, 7) is 3.49. The Morgan fingerprint density at radius 1 is 1.38 bits per heavy atom. The van der Waals surface area contributed by atoms with Crippen LogP contribution in [0.2, 0.25) is 0 Å². The molecule has 1 atom stereocenters. The second-order valence-electron chi connectivity index (χ2n) is 4.39. The Labute approximate surface area is 96.5 Å². The SMILES string of the molecule is CC(=O)NCC(C)(O)CCc1ccccc1. The van der Waals surface area contributed by atoms with E-state index in [1.807, 2.05) is 30.3 Å². The molecule has 0 aliphatic rings. The van der Waals surface area contributed by atoms with Crippen LogP contribution in [0, 0.1) is 0 Å². The van der Waals surface area contributed by atoms with Gasteiger partial charge in [0.1, 0.15) is 0 Å². The molecule has 16 heavy (non-hydrogen) atoms. The molecule has 1 amide bonds. The molecular formula is C13H19NO2. The lowest BCUT2D eigenvalue weighted by Gasteiger charge is -2.23. The van der Waals surface area contributed by atoms with Crippen molar-refractivity contribution in [2.24, 2.45) is 0 Å². The van der Waals surface area contributed by atoms with E-state index in [0.717, 1.165) is 6.42 Å². The van der Waals surface area contributed by atoms with Gasteiger partial charge in [0.05, 0.1) is 5.60 Å². The average molecular weight is 221 g/mol. The van der Waals surface area contributed by atoms with Crippen molar-refractivity contribution < 1.29 is 9.90 Å². The number of carbonyl (C=O) groups is 1. The van der Waals surface area contributed by atoms with Crippen LogP contribution >= 0.6 is 0 Å². The zero-order valence-corrected chi connectivity index (χ0v) is 9.86. The standard InChI is InChI=1S/C13H19NO2/c1-11(15)14-10-13(2,16)9-8-12-6-4-3-5-7-12/h3-7,16H,8-10H2,1-2H3,(H,14,15). The molecule has 0 saturated heterocycles. The molecule has 1 unspecified atom stereocenters. The Bertz CT molecular complexity index is 333. The number of nitrogens with one attached hydrogen (secondary N) is 1. The maximum absolute atomic E-state index is 10.7. The Kier molecular flexibility index (Phi) is 4.50. The maximum atomic E-state index is 10.7. The third-order valence-corrected chi connectivity index (χ3v) is 2.51. The monoisotopic (exact) mass is 221 g/mol. The normalized spacial score (nSPS) is 14.2. The Morgan fingerprint density at radius 2 is 2.00 bits per heavy atom. The molecule has 0 heterocycles. The predicted octanol–water partition coefficient (Wildman–Crippen LogP) is 1.51. The van der Waals surface area contributed by atoms with Crippen LogP contribution in [0.5, 0.6) is 0 Å². The molecule has 0 radical (unpaired) electrons. The average Bonchev–Trinajstić information content (AvgIpc) is 2.26. The van der Waals surface area contributed by atoms with Crippen molar-refractivity contribution in [2.45, 2.75) is 32.3 Å². The van der Waals surface area contributed by atoms with Crippen LogP contribution in [-0.4, -0.2) is 23.2 Å². The van der Waals surface area contributed by atoms with Gasteiger partial charge in [0, 0.05) is 13.5 Å². The highest BCUT2D eigenvalue weighted by molar-refractivity contribution is 5.72. The summed E-state index contributed by atoms with van der Waals surface area (Å²) in [7, 11) is 0. The lowest BCUT2D eigenvalue weighted by atomic mass is 9.97. The van der Waals surface area contributed by atoms with Gasteiger partial charge in [-0.25, -0.2) is 0 Å². The highest BCUT2D eigenvalue weighted by Gasteiger charge is 2.20. The van der Waals surface area contributed by atoms with Gasteiger partial charge in [-0.05, 0) is 25.3 Å². The quantitative estimate of drug-likeness (QED) is 0.791. The van der Waals surface area contributed by atoms with Gasteiger partial charge in [-0.2, -0.15) is 0 Å². The largest absolute Gasteiger partial charge is 0.388 e. The van der Waals surface area contributed by atoms with E-state index in [4.69, 9.17) is 0 Å². The second kappa shape index (κ2) is 5.66. The predicted molar refractivity (Wildman–Crippen MR) is 64.1 cm³/mol. The van der Waals surface area contributed by atoms with Gasteiger partial charge >= 0.3 is 0 Å². The number of hydrogen-bond donors (Lipinski definition) is 2. The number of aryl methyl sites for hydroxylation is 1. The zero-order chi connectivity index (χ0) is 12.0. The summed E-state index contributed by atoms with van der Waals surface area (Å²) < 4.78 is 0. The van der Waals surface area contributed by atoms with E-state index in [2.05, 4.69) is 5.32 Å². The molecule has 0 aliphatic heterocycles. The van der Waals surface area contributed by atoms with Crippen LogP contribution in [0.25, 0.3) is 0 Å². The van der Waals surface area contributed by atoms with Crippen molar-refractivity contribution in [3.8, 4) is 0 Å². The smallest absolute Gasteiger partial charge is 0.216 e. The number of amides is 1. The number of aliphatic hydroxyl groups is 1. The molecule has 88 valence electrons. The molecule has 3 nitrogen and oxygen atoms in total. The van der Waals surface area contributed by atoms with Crippen LogP contribution in [0.3, 0.4) is 0 Å². The van der Waals surface area contributed by atoms with Gasteiger partial charge in [0.25, 0.3) is 0 Å². The fourth-order valence-corrected chi connectivity index (χ4v) is 1.46. The molecule has 0 bridgehead atoms. The van der Waals surface area contributed by atoms with Crippen molar-refractivity contribution >= 4 is 5.91 Å². The molecule has 0 spiro atoms. The van der Waals surface area contributed by atoms with Gasteiger partial charge < -0.3 is 10.4 Å². The summed E-state index contributed by atoms with van der Waals surface area (Å²) >= 11 is 0. The summed E-state index contributed by atoms with van der Waals surface area (Å²) in [5.41, 5.74) is 0.354. The van der Waals surface area contributed by atoms with Crippen LogP contribution in [0.15, 0.2) is 30.3 Å². The molecule has 2 N–H and O–H groups in total. The first-order valence-corrected chi connectivity index (χ1v) is 5.50. The second-order valence-corrected chi connectivity index (χ2v) is 4.39. The Morgan fingerprint density at radius 3 is 2.56 bits per heavy atom. The molecule has 3 heteroatoms. The maximum Gasteiger partial charge on any atom is 0.216 e. The van der Waals surface area contributed by atoms with E-state index >= 15 is 0 Å². The van der Waals surface area contributed by atoms with E-state index in [9.17, 15) is 9.90 Å². The van der Waals surface area contributed by atoms with Crippen molar-refractivity contribution in [1.82, 2.24) is 5.32 Å². The Balaban J connectivity index is 2.38. The molecule has 1 aromatic carbocycles. The van der Waals surface area contributed by atoms with E-state index < -0.39 is 5.60 Å².